The first-order valence-electron chi connectivity index (χ1n) is 19.1. The smallest absolute Gasteiger partial charge is 0.172 e. The molecule has 0 fully saturated rings. The molecule has 0 bridgehead atoms. The van der Waals surface area contributed by atoms with Crippen LogP contribution in [0.2, 0.25) is 0 Å². The molecule has 57 heavy (non-hydrogen) atoms. The zero-order valence-corrected chi connectivity index (χ0v) is 33.3. The lowest BCUT2D eigenvalue weighted by atomic mass is 9.84. The Morgan fingerprint density at radius 3 is 2.02 bits per heavy atom. The fourth-order valence-electron chi connectivity index (χ4n) is 6.87. The van der Waals surface area contributed by atoms with Gasteiger partial charge in [-0.1, -0.05) is 153 Å². The average Bonchev–Trinajstić information content (AvgIpc) is 3.26. The zero-order valence-electron chi connectivity index (χ0n) is 33.3. The van der Waals surface area contributed by atoms with Crippen molar-refractivity contribution >= 4 is 22.3 Å². The Morgan fingerprint density at radius 2 is 1.37 bits per heavy atom. The molecule has 278 valence electrons. The third-order valence-electron chi connectivity index (χ3n) is 9.49. The molecule has 6 aromatic rings. The summed E-state index contributed by atoms with van der Waals surface area (Å²) in [4.78, 5) is 19.7. The predicted octanol–water partition coefficient (Wildman–Crippen LogP) is 13.6. The number of allylic oxidation sites excluding steroid dienone is 14. The first kappa shape index (κ1) is 39.5. The first-order chi connectivity index (χ1) is 27.9. The Bertz CT molecular complexity index is 2560. The fraction of sp³-hybridized carbons (Fsp3) is 0.0943. The molecular formula is C53H46N4. The molecule has 0 aliphatic heterocycles. The number of benzene rings is 3. The molecule has 0 radical (unpaired) electrons. The fourth-order valence-corrected chi connectivity index (χ4v) is 6.87. The highest BCUT2D eigenvalue weighted by atomic mass is 15.0. The van der Waals surface area contributed by atoms with Crippen LogP contribution in [-0.4, -0.2) is 19.9 Å². The summed E-state index contributed by atoms with van der Waals surface area (Å²) in [6.45, 7) is 18.4. The molecule has 0 saturated heterocycles. The van der Waals surface area contributed by atoms with Crippen molar-refractivity contribution in [2.75, 3.05) is 0 Å². The number of aromatic nitrogens is 4. The van der Waals surface area contributed by atoms with Gasteiger partial charge < -0.3 is 0 Å². The van der Waals surface area contributed by atoms with Crippen molar-refractivity contribution in [1.29, 1.82) is 0 Å². The highest BCUT2D eigenvalue weighted by Crippen LogP contribution is 2.42. The Morgan fingerprint density at radius 1 is 0.649 bits per heavy atom. The van der Waals surface area contributed by atoms with Crippen LogP contribution in [0.5, 0.6) is 0 Å². The van der Waals surface area contributed by atoms with Crippen molar-refractivity contribution in [2.45, 2.75) is 34.6 Å². The monoisotopic (exact) mass is 738 g/mol. The van der Waals surface area contributed by atoms with Gasteiger partial charge in [-0.25, -0.2) is 15.0 Å². The van der Waals surface area contributed by atoms with Crippen molar-refractivity contribution in [3.05, 3.63) is 218 Å². The van der Waals surface area contributed by atoms with Crippen LogP contribution < -0.4 is 0 Å². The lowest BCUT2D eigenvalue weighted by Gasteiger charge is -2.20. The highest BCUT2D eigenvalue weighted by molar-refractivity contribution is 5.99. The minimum atomic E-state index is 0.496. The Balaban J connectivity index is 1.59. The topological polar surface area (TPSA) is 51.6 Å². The van der Waals surface area contributed by atoms with Gasteiger partial charge in [0.05, 0.1) is 5.56 Å². The van der Waals surface area contributed by atoms with E-state index >= 15 is 0 Å². The van der Waals surface area contributed by atoms with Crippen LogP contribution in [0.25, 0.3) is 67.3 Å². The molecule has 4 heteroatoms. The molecule has 0 amide bonds. The largest absolute Gasteiger partial charge is 0.261 e. The Labute approximate surface area is 338 Å². The van der Waals surface area contributed by atoms with Gasteiger partial charge in [-0.2, -0.15) is 0 Å². The highest BCUT2D eigenvalue weighted by Gasteiger charge is 2.20. The summed E-state index contributed by atoms with van der Waals surface area (Å²) in [5.41, 5.74) is 14.0. The molecule has 0 aliphatic rings. The number of nitrogens with zero attached hydrogens (tertiary/aromatic N) is 4. The minimum Gasteiger partial charge on any atom is -0.261 e. The van der Waals surface area contributed by atoms with Gasteiger partial charge in [0.1, 0.15) is 0 Å². The molecule has 2 heterocycles. The van der Waals surface area contributed by atoms with Gasteiger partial charge >= 0.3 is 0 Å². The van der Waals surface area contributed by atoms with Gasteiger partial charge in [0.15, 0.2) is 17.5 Å². The van der Waals surface area contributed by atoms with Crippen molar-refractivity contribution in [1.82, 2.24) is 19.9 Å². The van der Waals surface area contributed by atoms with E-state index in [-0.39, 0.29) is 0 Å². The third kappa shape index (κ3) is 8.86. The maximum atomic E-state index is 5.11. The number of aryl methyl sites for hydroxylation is 1. The lowest BCUT2D eigenvalue weighted by molar-refractivity contribution is 1.04. The second-order valence-electron chi connectivity index (χ2n) is 13.2. The average molecular weight is 739 g/mol. The van der Waals surface area contributed by atoms with Crippen LogP contribution in [0.1, 0.15) is 55.9 Å². The van der Waals surface area contributed by atoms with Crippen LogP contribution >= 0.6 is 0 Å². The van der Waals surface area contributed by atoms with E-state index in [1.54, 1.807) is 12.3 Å². The Hall–Kier alpha value is -7.22. The predicted molar refractivity (Wildman–Crippen MR) is 241 cm³/mol. The maximum Gasteiger partial charge on any atom is 0.172 e. The summed E-state index contributed by atoms with van der Waals surface area (Å²) in [6.07, 6.45) is 22.2. The third-order valence-corrected chi connectivity index (χ3v) is 9.49. The standard InChI is InChI=1S/C53H46N4/c1-8-21-38(12-5)48-35-44(39(22-9-2)23-10-3)36-49(40-25-16-14-17-26-40)50(48)41-30-32-43(33-31-41)52-55-51(42-27-18-15-19-28-42)56-53(57-52)45(13-6)47(24-11-4)46-29-20-34-54-37(46)7/h8-18,20-27,29-36H,2,6H2,1,3-5,7H3/b21-8-,23-10-,24-11-,38-12+,39-22+,47-45-. The van der Waals surface area contributed by atoms with Gasteiger partial charge in [0, 0.05) is 28.6 Å². The van der Waals surface area contributed by atoms with Crippen molar-refractivity contribution in [3.63, 3.8) is 0 Å². The molecule has 0 spiro atoms. The molecule has 2 aromatic heterocycles. The van der Waals surface area contributed by atoms with E-state index < -0.39 is 0 Å². The summed E-state index contributed by atoms with van der Waals surface area (Å²) >= 11 is 0. The molecule has 0 unspecified atom stereocenters. The van der Waals surface area contributed by atoms with Crippen LogP contribution in [-0.2, 0) is 0 Å². The molecule has 0 aliphatic carbocycles. The molecule has 0 saturated carbocycles. The summed E-state index contributed by atoms with van der Waals surface area (Å²) in [5.74, 6) is 1.53. The normalized spacial score (nSPS) is 12.6. The van der Waals surface area contributed by atoms with E-state index in [9.17, 15) is 0 Å². The molecule has 0 N–H and O–H groups in total. The molecule has 0 atom stereocenters. The van der Waals surface area contributed by atoms with Gasteiger partial charge in [0.25, 0.3) is 0 Å². The second kappa shape index (κ2) is 18.9. The number of pyridine rings is 1. The summed E-state index contributed by atoms with van der Waals surface area (Å²) in [5, 5.41) is 0. The van der Waals surface area contributed by atoms with E-state index in [4.69, 9.17) is 15.0 Å². The van der Waals surface area contributed by atoms with Gasteiger partial charge in [0.2, 0.25) is 0 Å². The minimum absolute atomic E-state index is 0.496. The summed E-state index contributed by atoms with van der Waals surface area (Å²) in [6, 6.07) is 39.5. The van der Waals surface area contributed by atoms with E-state index in [2.05, 4.69) is 159 Å². The van der Waals surface area contributed by atoms with Crippen LogP contribution in [0.15, 0.2) is 177 Å². The first-order valence-corrected chi connectivity index (χ1v) is 19.1. The quantitative estimate of drug-likeness (QED) is 0.111. The molecular weight excluding hydrogens is 693 g/mol. The van der Waals surface area contributed by atoms with Crippen molar-refractivity contribution in [3.8, 4) is 45.0 Å². The van der Waals surface area contributed by atoms with E-state index in [0.29, 0.717) is 17.5 Å². The van der Waals surface area contributed by atoms with Gasteiger partial charge in [-0.15, -0.1) is 0 Å². The van der Waals surface area contributed by atoms with E-state index in [0.717, 1.165) is 78.1 Å². The van der Waals surface area contributed by atoms with Crippen LogP contribution in [0, 0.1) is 19.1 Å². The van der Waals surface area contributed by atoms with Crippen LogP contribution in [0.4, 0.5) is 0 Å². The number of hydrogen-bond donors (Lipinski definition) is 0. The van der Waals surface area contributed by atoms with Crippen molar-refractivity contribution < 1.29 is 0 Å². The molecule has 4 aromatic carbocycles. The van der Waals surface area contributed by atoms with Gasteiger partial charge in [-0.05, 0) is 115 Å². The summed E-state index contributed by atoms with van der Waals surface area (Å²) < 4.78 is 0. The van der Waals surface area contributed by atoms with Gasteiger partial charge in [-0.3, -0.25) is 4.98 Å². The van der Waals surface area contributed by atoms with E-state index in [1.165, 1.54) is 0 Å². The molecule has 4 nitrogen and oxygen atoms in total. The zero-order chi connectivity index (χ0) is 40.1. The van der Waals surface area contributed by atoms with Crippen molar-refractivity contribution in [2.24, 2.45) is 0 Å². The SMILES string of the molecule is C=C/C=C(\C=C/C)c1cc(C(/C=C\C)=C/C)c(-c2ccc(-c3nc(/C(C=C)=C(/C=C\C)c4cccnc4C)nc(-c4c#cccc4)n3)cc2)c(-c2ccccc2)c1. The second-order valence-corrected chi connectivity index (χ2v) is 13.2. The number of rotatable bonds is 13. The maximum absolute atomic E-state index is 5.11. The van der Waals surface area contributed by atoms with Crippen LogP contribution in [0.3, 0.4) is 0 Å². The Kier molecular flexibility index (Phi) is 13.1. The lowest BCUT2D eigenvalue weighted by Crippen LogP contribution is -2.04. The summed E-state index contributed by atoms with van der Waals surface area (Å²) in [7, 11) is 0. The molecule has 6 rings (SSSR count). The number of hydrogen-bond acceptors (Lipinski definition) is 4. The van der Waals surface area contributed by atoms with E-state index in [1.807, 2.05) is 57.2 Å².